The van der Waals surface area contributed by atoms with E-state index in [9.17, 15) is 0 Å². The van der Waals surface area contributed by atoms with Crippen molar-refractivity contribution in [1.29, 1.82) is 0 Å². The van der Waals surface area contributed by atoms with E-state index in [1.165, 1.54) is 12.8 Å². The van der Waals surface area contributed by atoms with Crippen LogP contribution in [-0.4, -0.2) is 20.1 Å². The average molecular weight is 312 g/mol. The van der Waals surface area contributed by atoms with Crippen LogP contribution in [0.5, 0.6) is 0 Å². The van der Waals surface area contributed by atoms with Gasteiger partial charge in [0.25, 0.3) is 0 Å². The number of hydrogen-bond acceptors (Lipinski definition) is 2. The Morgan fingerprint density at radius 2 is 2.10 bits per heavy atom. The lowest BCUT2D eigenvalue weighted by Crippen LogP contribution is -2.38. The number of nitrogens with zero attached hydrogens (tertiary/aromatic N) is 3. The van der Waals surface area contributed by atoms with Crippen LogP contribution in [0.4, 0.5) is 0 Å². The second-order valence-corrected chi connectivity index (χ2v) is 8.52. The lowest BCUT2D eigenvalue weighted by atomic mass is 9.67. The van der Waals surface area contributed by atoms with Gasteiger partial charge >= 0.3 is 0 Å². The second-order valence-electron chi connectivity index (χ2n) is 7.96. The third kappa shape index (κ3) is 4.21. The van der Waals surface area contributed by atoms with Gasteiger partial charge in [-0.1, -0.05) is 41.0 Å². The van der Waals surface area contributed by atoms with Crippen LogP contribution in [0.1, 0.15) is 59.7 Å². The first-order valence-electron chi connectivity index (χ1n) is 8.30. The Balaban J connectivity index is 2.08. The minimum absolute atomic E-state index is 0.175. The van der Waals surface area contributed by atoms with E-state index >= 15 is 0 Å². The summed E-state index contributed by atoms with van der Waals surface area (Å²) in [4.78, 5) is 4.50. The molecule has 4 heteroatoms. The number of rotatable bonds is 5. The van der Waals surface area contributed by atoms with Gasteiger partial charge in [-0.2, -0.15) is 5.10 Å². The Bertz CT molecular complexity index is 453. The number of hydrogen-bond donors (Lipinski definition) is 0. The van der Waals surface area contributed by atoms with Gasteiger partial charge in [0, 0.05) is 18.3 Å². The molecule has 3 atom stereocenters. The van der Waals surface area contributed by atoms with Crippen molar-refractivity contribution in [2.24, 2.45) is 23.2 Å². The molecule has 0 bridgehead atoms. The fourth-order valence-corrected chi connectivity index (χ4v) is 4.42. The highest BCUT2D eigenvalue weighted by atomic mass is 35.5. The average Bonchev–Trinajstić information content (AvgIpc) is 2.74. The number of alkyl halides is 1. The third-order valence-electron chi connectivity index (χ3n) is 4.89. The quantitative estimate of drug-likeness (QED) is 0.747. The molecule has 0 N–H and O–H groups in total. The van der Waals surface area contributed by atoms with Crippen LogP contribution in [0.2, 0.25) is 0 Å². The number of halogens is 1. The molecule has 1 saturated carbocycles. The van der Waals surface area contributed by atoms with E-state index in [1.54, 1.807) is 6.33 Å². The lowest BCUT2D eigenvalue weighted by molar-refractivity contribution is 0.137. The highest BCUT2D eigenvalue weighted by Gasteiger charge is 2.38. The molecule has 0 aromatic carbocycles. The lowest BCUT2D eigenvalue weighted by Gasteiger charge is -2.41. The minimum Gasteiger partial charge on any atom is -0.250 e. The van der Waals surface area contributed by atoms with Gasteiger partial charge in [0.2, 0.25) is 0 Å². The van der Waals surface area contributed by atoms with Crippen molar-refractivity contribution in [3.8, 4) is 0 Å². The zero-order chi connectivity index (χ0) is 15.6. The summed E-state index contributed by atoms with van der Waals surface area (Å²) in [6.45, 7) is 12.4. The van der Waals surface area contributed by atoms with Crippen LogP contribution in [-0.2, 0) is 13.0 Å². The summed E-state index contributed by atoms with van der Waals surface area (Å²) in [5.41, 5.74) is 0.175. The zero-order valence-corrected chi connectivity index (χ0v) is 14.9. The predicted octanol–water partition coefficient (Wildman–Crippen LogP) is 4.55. The molecule has 21 heavy (non-hydrogen) atoms. The Kier molecular flexibility index (Phi) is 5.34. The van der Waals surface area contributed by atoms with Gasteiger partial charge in [-0.25, -0.2) is 9.67 Å². The second kappa shape index (κ2) is 6.68. The molecular weight excluding hydrogens is 282 g/mol. The molecule has 120 valence electrons. The Hall–Kier alpha value is -0.570. The van der Waals surface area contributed by atoms with Crippen LogP contribution in [0, 0.1) is 23.2 Å². The van der Waals surface area contributed by atoms with Gasteiger partial charge in [0.1, 0.15) is 12.2 Å². The molecule has 1 aliphatic rings. The van der Waals surface area contributed by atoms with E-state index in [-0.39, 0.29) is 5.41 Å². The SMILES string of the molecule is CC(C)Cn1ncnc1CC(C)(C)C1CCC(C)CC1Cl. The van der Waals surface area contributed by atoms with Crippen molar-refractivity contribution in [2.45, 2.75) is 72.2 Å². The monoisotopic (exact) mass is 311 g/mol. The third-order valence-corrected chi connectivity index (χ3v) is 5.37. The highest BCUT2D eigenvalue weighted by molar-refractivity contribution is 6.20. The molecule has 1 aromatic rings. The van der Waals surface area contributed by atoms with Gasteiger partial charge in [-0.05, 0) is 36.0 Å². The number of aromatic nitrogens is 3. The van der Waals surface area contributed by atoms with Crippen molar-refractivity contribution in [3.05, 3.63) is 12.2 Å². The van der Waals surface area contributed by atoms with E-state index in [1.807, 2.05) is 0 Å². The summed E-state index contributed by atoms with van der Waals surface area (Å²) in [6, 6.07) is 0. The molecule has 2 rings (SSSR count). The summed E-state index contributed by atoms with van der Waals surface area (Å²) < 4.78 is 2.07. The van der Waals surface area contributed by atoms with Crippen molar-refractivity contribution in [1.82, 2.24) is 14.8 Å². The van der Waals surface area contributed by atoms with E-state index in [0.29, 0.717) is 17.2 Å². The first kappa shape index (κ1) is 16.8. The molecule has 1 aromatic heterocycles. The van der Waals surface area contributed by atoms with Crippen molar-refractivity contribution >= 4 is 11.6 Å². The normalized spacial score (nSPS) is 27.3. The maximum absolute atomic E-state index is 6.68. The minimum atomic E-state index is 0.175. The maximum Gasteiger partial charge on any atom is 0.138 e. The van der Waals surface area contributed by atoms with Crippen molar-refractivity contribution in [2.75, 3.05) is 0 Å². The summed E-state index contributed by atoms with van der Waals surface area (Å²) in [5.74, 6) is 3.03. The van der Waals surface area contributed by atoms with E-state index < -0.39 is 0 Å². The van der Waals surface area contributed by atoms with Crippen molar-refractivity contribution in [3.63, 3.8) is 0 Å². The summed E-state index contributed by atoms with van der Waals surface area (Å²) >= 11 is 6.68. The van der Waals surface area contributed by atoms with Crippen LogP contribution in [0.25, 0.3) is 0 Å². The van der Waals surface area contributed by atoms with E-state index in [2.05, 4.69) is 49.4 Å². The molecule has 0 spiro atoms. The topological polar surface area (TPSA) is 30.7 Å². The Morgan fingerprint density at radius 1 is 1.38 bits per heavy atom. The van der Waals surface area contributed by atoms with Gasteiger partial charge in [-0.15, -0.1) is 11.6 Å². The molecule has 3 unspecified atom stereocenters. The largest absolute Gasteiger partial charge is 0.250 e. The maximum atomic E-state index is 6.68. The molecule has 0 aliphatic heterocycles. The summed E-state index contributed by atoms with van der Waals surface area (Å²) in [6.07, 6.45) is 6.34. The molecule has 0 amide bonds. The standard InChI is InChI=1S/C17H30ClN3/c1-12(2)10-21-16(19-11-20-21)9-17(4,5)14-7-6-13(3)8-15(14)18/h11-15H,6-10H2,1-5H3. The summed E-state index contributed by atoms with van der Waals surface area (Å²) in [5, 5.41) is 4.69. The molecule has 1 aliphatic carbocycles. The zero-order valence-electron chi connectivity index (χ0n) is 14.1. The molecule has 0 radical (unpaired) electrons. The molecule has 3 nitrogen and oxygen atoms in total. The fourth-order valence-electron chi connectivity index (χ4n) is 3.65. The molecule has 1 heterocycles. The van der Waals surface area contributed by atoms with Crippen LogP contribution in [0.3, 0.4) is 0 Å². The van der Waals surface area contributed by atoms with E-state index in [0.717, 1.165) is 31.1 Å². The van der Waals surface area contributed by atoms with Gasteiger partial charge < -0.3 is 0 Å². The molecule has 0 saturated heterocycles. The van der Waals surface area contributed by atoms with Gasteiger partial charge in [0.05, 0.1) is 0 Å². The first-order valence-corrected chi connectivity index (χ1v) is 8.74. The highest BCUT2D eigenvalue weighted by Crippen LogP contribution is 2.44. The first-order chi connectivity index (χ1) is 9.79. The summed E-state index contributed by atoms with van der Waals surface area (Å²) in [7, 11) is 0. The Morgan fingerprint density at radius 3 is 2.71 bits per heavy atom. The van der Waals surface area contributed by atoms with Crippen molar-refractivity contribution < 1.29 is 0 Å². The van der Waals surface area contributed by atoms with Gasteiger partial charge in [-0.3, -0.25) is 0 Å². The van der Waals surface area contributed by atoms with Crippen LogP contribution >= 0.6 is 11.6 Å². The smallest absolute Gasteiger partial charge is 0.138 e. The Labute approximate surface area is 134 Å². The van der Waals surface area contributed by atoms with Crippen LogP contribution in [0.15, 0.2) is 6.33 Å². The van der Waals surface area contributed by atoms with Gasteiger partial charge in [0.15, 0.2) is 0 Å². The molecule has 1 fully saturated rings. The predicted molar refractivity (Wildman–Crippen MR) is 88.5 cm³/mol. The fraction of sp³-hybridized carbons (Fsp3) is 0.882. The van der Waals surface area contributed by atoms with E-state index in [4.69, 9.17) is 11.6 Å². The van der Waals surface area contributed by atoms with Crippen LogP contribution < -0.4 is 0 Å². The molecular formula is C17H30ClN3.